The van der Waals surface area contributed by atoms with Crippen molar-refractivity contribution >= 4 is 19.8 Å². The van der Waals surface area contributed by atoms with Gasteiger partial charge in [-0.05, 0) is 128 Å². The molecule has 0 amide bonds. The number of nitrogens with zero attached hydrogens (tertiary/aromatic N) is 1. The third-order valence-electron chi connectivity index (χ3n) is 17.5. The molecule has 9 nitrogen and oxygen atoms in total. The number of hydrogen-bond donors (Lipinski definition) is 1. The zero-order valence-electron chi connectivity index (χ0n) is 65.4. The molecule has 0 radical (unpaired) electrons. The van der Waals surface area contributed by atoms with Crippen LogP contribution in [0.3, 0.4) is 0 Å². The number of esters is 2. The van der Waals surface area contributed by atoms with Crippen LogP contribution in [0.15, 0.2) is 158 Å². The zero-order valence-corrected chi connectivity index (χ0v) is 66.3. The molecule has 2 unspecified atom stereocenters. The lowest BCUT2D eigenvalue weighted by atomic mass is 10.0. The largest absolute Gasteiger partial charge is 0.472 e. The average molecular weight is 1410 g/mol. The summed E-state index contributed by atoms with van der Waals surface area (Å²) in [6, 6.07) is 0. The molecule has 0 aliphatic rings. The predicted molar refractivity (Wildman–Crippen MR) is 436 cm³/mol. The molecule has 0 aromatic rings. The van der Waals surface area contributed by atoms with E-state index in [0.29, 0.717) is 17.4 Å². The van der Waals surface area contributed by atoms with Gasteiger partial charge in [-0.15, -0.1) is 0 Å². The van der Waals surface area contributed by atoms with Crippen LogP contribution in [0.5, 0.6) is 0 Å². The van der Waals surface area contributed by atoms with E-state index in [1.807, 2.05) is 21.1 Å². The molecule has 0 aromatic heterocycles. The van der Waals surface area contributed by atoms with Gasteiger partial charge >= 0.3 is 19.8 Å². The number of rotatable bonds is 75. The normalized spacial score (nSPS) is 13.9. The molecule has 0 bridgehead atoms. The van der Waals surface area contributed by atoms with Crippen molar-refractivity contribution < 1.29 is 42.1 Å². The molecule has 0 rings (SSSR count). The Kier molecular flexibility index (Phi) is 75.3. The average Bonchev–Trinajstić information content (AvgIpc) is 1.30. The van der Waals surface area contributed by atoms with Crippen LogP contribution >= 0.6 is 7.82 Å². The van der Waals surface area contributed by atoms with Crippen molar-refractivity contribution in [3.05, 3.63) is 158 Å². The minimum absolute atomic E-state index is 0.0201. The first-order valence-electron chi connectivity index (χ1n) is 41.2. The van der Waals surface area contributed by atoms with Crippen molar-refractivity contribution in [3.63, 3.8) is 0 Å². The molecule has 2 atom stereocenters. The second-order valence-corrected chi connectivity index (χ2v) is 29.9. The molecular formula is C90H155NO8P+. The van der Waals surface area contributed by atoms with Crippen LogP contribution in [0.2, 0.25) is 0 Å². The van der Waals surface area contributed by atoms with Crippen molar-refractivity contribution in [3.8, 4) is 0 Å². The predicted octanol–water partition coefficient (Wildman–Crippen LogP) is 27.8. The lowest BCUT2D eigenvalue weighted by Crippen LogP contribution is -2.37. The van der Waals surface area contributed by atoms with E-state index in [1.165, 1.54) is 193 Å². The van der Waals surface area contributed by atoms with Gasteiger partial charge in [0, 0.05) is 12.8 Å². The van der Waals surface area contributed by atoms with E-state index in [9.17, 15) is 19.0 Å². The highest BCUT2D eigenvalue weighted by atomic mass is 31.2. The summed E-state index contributed by atoms with van der Waals surface area (Å²) in [6.07, 6.45) is 118. The first-order valence-corrected chi connectivity index (χ1v) is 42.7. The summed E-state index contributed by atoms with van der Waals surface area (Å²) in [5.41, 5.74) is 0. The molecule has 0 aliphatic heterocycles. The highest BCUT2D eigenvalue weighted by Crippen LogP contribution is 2.43. The fourth-order valence-corrected chi connectivity index (χ4v) is 12.0. The van der Waals surface area contributed by atoms with Crippen LogP contribution in [-0.4, -0.2) is 74.9 Å². The monoisotopic (exact) mass is 1410 g/mol. The highest BCUT2D eigenvalue weighted by molar-refractivity contribution is 7.47. The van der Waals surface area contributed by atoms with Gasteiger partial charge in [0.1, 0.15) is 19.8 Å². The Morgan fingerprint density at radius 1 is 0.320 bits per heavy atom. The number of carbonyl (C=O) groups excluding carboxylic acids is 2. The lowest BCUT2D eigenvalue weighted by molar-refractivity contribution is -0.870. The number of allylic oxidation sites excluding steroid dienone is 26. The van der Waals surface area contributed by atoms with Crippen molar-refractivity contribution in [2.45, 2.75) is 354 Å². The van der Waals surface area contributed by atoms with Crippen LogP contribution in [0.4, 0.5) is 0 Å². The molecule has 1 N–H and O–H groups in total. The Morgan fingerprint density at radius 2 is 0.570 bits per heavy atom. The third kappa shape index (κ3) is 82.6. The van der Waals surface area contributed by atoms with E-state index < -0.39 is 26.5 Å². The standard InChI is InChI=1S/C90H154NO8P/c1-6-8-10-12-14-16-18-20-22-24-26-28-30-32-34-36-38-40-42-43-44-45-46-47-49-51-53-55-57-59-61-63-65-67-69-71-73-75-77-79-81-83-90(93)99-88(87-98-100(94,95)97-85-84-91(3,4)5)86-96-89(92)82-80-78-76-74-72-70-68-66-64-62-60-58-56-54-52-50-48-41-39-37-35-33-31-29-27-25-23-21-19-17-15-13-11-9-7-2/h8,10,14,16,20,22,25-28,32,34,38,40,43-44,46-47,51,53,57,59,63,65,69,71,88H,6-7,9,11-13,15,17-19,21,23-24,29-31,33,35-37,39,41-42,45,48-50,52,54-56,58,60-62,64,66-68,70,72-87H2,1-5H3/p+1/b10-8-,16-14-,22-20-,27-25-,28-26-,34-32-,40-38-,44-43-,47-46-,53-51-,59-57-,65-63-,71-69-. The number of hydrogen-bond acceptors (Lipinski definition) is 7. The van der Waals surface area contributed by atoms with E-state index in [4.69, 9.17) is 18.5 Å². The topological polar surface area (TPSA) is 108 Å². The summed E-state index contributed by atoms with van der Waals surface area (Å²) in [5, 5.41) is 0. The molecule has 0 heterocycles. The molecule has 0 aliphatic carbocycles. The van der Waals surface area contributed by atoms with E-state index in [1.54, 1.807) is 0 Å². The number of carbonyl (C=O) groups is 2. The third-order valence-corrected chi connectivity index (χ3v) is 18.5. The Morgan fingerprint density at radius 3 is 0.860 bits per heavy atom. The molecule has 0 aromatic carbocycles. The van der Waals surface area contributed by atoms with E-state index >= 15 is 0 Å². The van der Waals surface area contributed by atoms with Crippen LogP contribution < -0.4 is 0 Å². The van der Waals surface area contributed by atoms with Gasteiger partial charge in [-0.2, -0.15) is 0 Å². The first kappa shape index (κ1) is 95.6. The Hall–Kier alpha value is -4.37. The zero-order chi connectivity index (χ0) is 72.5. The Balaban J connectivity index is 4.07. The maximum Gasteiger partial charge on any atom is 0.472 e. The van der Waals surface area contributed by atoms with Gasteiger partial charge in [0.2, 0.25) is 0 Å². The van der Waals surface area contributed by atoms with Crippen LogP contribution in [0.1, 0.15) is 348 Å². The molecule has 572 valence electrons. The maximum atomic E-state index is 12.9. The maximum absolute atomic E-state index is 12.9. The van der Waals surface area contributed by atoms with Crippen LogP contribution in [-0.2, 0) is 32.7 Å². The Labute approximate surface area is 617 Å². The van der Waals surface area contributed by atoms with Gasteiger partial charge in [-0.3, -0.25) is 18.6 Å². The quantitative estimate of drug-likeness (QED) is 0.0211. The minimum Gasteiger partial charge on any atom is -0.462 e. The van der Waals surface area contributed by atoms with Gasteiger partial charge in [0.05, 0.1) is 27.7 Å². The summed E-state index contributed by atoms with van der Waals surface area (Å²) in [4.78, 5) is 36.0. The number of ether oxygens (including phenoxy) is 2. The fourth-order valence-electron chi connectivity index (χ4n) is 11.3. The molecule has 0 spiro atoms. The first-order chi connectivity index (χ1) is 49.0. The fraction of sp³-hybridized carbons (Fsp3) is 0.689. The van der Waals surface area contributed by atoms with E-state index in [0.717, 1.165) is 122 Å². The van der Waals surface area contributed by atoms with Crippen molar-refractivity contribution in [2.24, 2.45) is 0 Å². The van der Waals surface area contributed by atoms with Gasteiger partial charge in [0.25, 0.3) is 0 Å². The number of unbranched alkanes of at least 4 members (excludes halogenated alkanes) is 35. The summed E-state index contributed by atoms with van der Waals surface area (Å²) in [7, 11) is 1.45. The summed E-state index contributed by atoms with van der Waals surface area (Å²) in [5.74, 6) is -0.824. The van der Waals surface area contributed by atoms with Crippen molar-refractivity contribution in [2.75, 3.05) is 47.5 Å². The van der Waals surface area contributed by atoms with Gasteiger partial charge in [-0.1, -0.05) is 364 Å². The smallest absolute Gasteiger partial charge is 0.462 e. The SMILES string of the molecule is CC/C=C\C/C=C\C/C=C\C/C=C\C/C=C\C/C=C\C/C=C\C/C=C\C/C=C\C/C=C\C/C=C\C/C=C\CCCCCCC(=O)OC(COC(=O)CCCCCCCCCCCCCCCCCCCCCCCCC/C=C\CCCCCCCCCC)COP(=O)(O)OCC[N+](C)(C)C. The highest BCUT2D eigenvalue weighted by Gasteiger charge is 2.27. The number of phosphoric ester groups is 1. The van der Waals surface area contributed by atoms with E-state index in [2.05, 4.69) is 172 Å². The molecular weight excluding hydrogens is 1250 g/mol. The number of phosphoric acid groups is 1. The molecule has 0 saturated heterocycles. The van der Waals surface area contributed by atoms with Crippen molar-refractivity contribution in [1.82, 2.24) is 0 Å². The summed E-state index contributed by atoms with van der Waals surface area (Å²) >= 11 is 0. The van der Waals surface area contributed by atoms with Crippen molar-refractivity contribution in [1.29, 1.82) is 0 Å². The van der Waals surface area contributed by atoms with Gasteiger partial charge in [-0.25, -0.2) is 4.57 Å². The molecule has 0 saturated carbocycles. The van der Waals surface area contributed by atoms with E-state index in [-0.39, 0.29) is 32.0 Å². The Bertz CT molecular complexity index is 2250. The minimum atomic E-state index is -4.41. The van der Waals surface area contributed by atoms with Crippen LogP contribution in [0, 0.1) is 0 Å². The number of likely N-dealkylation sites (N-methyl/N-ethyl adjacent to an activating group) is 1. The summed E-state index contributed by atoms with van der Waals surface area (Å²) in [6.45, 7) is 4.31. The summed E-state index contributed by atoms with van der Waals surface area (Å²) < 4.78 is 34.8. The molecule has 10 heteroatoms. The lowest BCUT2D eigenvalue weighted by Gasteiger charge is -2.24. The molecule has 100 heavy (non-hydrogen) atoms. The molecule has 0 fully saturated rings. The number of quaternary nitrogens is 1. The second-order valence-electron chi connectivity index (χ2n) is 28.4. The van der Waals surface area contributed by atoms with Crippen LogP contribution in [0.25, 0.3) is 0 Å². The van der Waals surface area contributed by atoms with Gasteiger partial charge < -0.3 is 18.9 Å². The van der Waals surface area contributed by atoms with Gasteiger partial charge in [0.15, 0.2) is 6.10 Å². The second kappa shape index (κ2) is 78.8.